The molecule has 0 aliphatic carbocycles. The lowest BCUT2D eigenvalue weighted by atomic mass is 9.89. The van der Waals surface area contributed by atoms with Gasteiger partial charge >= 0.3 is 6.09 Å². The molecule has 1 aromatic carbocycles. The Hall–Kier alpha value is -1.68. The maximum atomic E-state index is 12.8. The molecule has 220 valence electrons. The van der Waals surface area contributed by atoms with Crippen molar-refractivity contribution in [1.82, 2.24) is 5.32 Å². The van der Waals surface area contributed by atoms with Crippen LogP contribution in [0.3, 0.4) is 0 Å². The van der Waals surface area contributed by atoms with Gasteiger partial charge in [-0.2, -0.15) is 8.42 Å². The number of alkyl carbamates (subject to hydrolysis) is 1. The van der Waals surface area contributed by atoms with Crippen molar-refractivity contribution >= 4 is 16.2 Å². The Morgan fingerprint density at radius 1 is 0.895 bits per heavy atom. The number of carbonyl (C=O) groups excluding carboxylic acids is 1. The molecule has 38 heavy (non-hydrogen) atoms. The van der Waals surface area contributed by atoms with Crippen LogP contribution in [-0.4, -0.2) is 58.5 Å². The Kier molecular flexibility index (Phi) is 16.1. The van der Waals surface area contributed by atoms with Gasteiger partial charge in [0.2, 0.25) is 0 Å². The molecular formula is C29H51NO7S. The summed E-state index contributed by atoms with van der Waals surface area (Å²) in [6.45, 7) is 9.34. The van der Waals surface area contributed by atoms with E-state index in [1.807, 2.05) is 0 Å². The first kappa shape index (κ1) is 34.3. The van der Waals surface area contributed by atoms with Crippen molar-refractivity contribution in [3.05, 3.63) is 35.4 Å². The van der Waals surface area contributed by atoms with Crippen LogP contribution in [0.2, 0.25) is 0 Å². The summed E-state index contributed by atoms with van der Waals surface area (Å²) in [6.07, 6.45) is 9.25. The number of aryl methyl sites for hydroxylation is 2. The molecule has 0 radical (unpaired) electrons. The lowest BCUT2D eigenvalue weighted by Gasteiger charge is -2.35. The summed E-state index contributed by atoms with van der Waals surface area (Å²) in [4.78, 5) is 12.8. The van der Waals surface area contributed by atoms with E-state index >= 15 is 0 Å². The highest BCUT2D eigenvalue weighted by Gasteiger charge is 2.35. The number of amides is 1. The second-order valence-electron chi connectivity index (χ2n) is 10.9. The zero-order chi connectivity index (χ0) is 28.5. The van der Waals surface area contributed by atoms with Crippen LogP contribution in [0.5, 0.6) is 0 Å². The maximum Gasteiger partial charge on any atom is 0.408 e. The van der Waals surface area contributed by atoms with E-state index in [9.17, 15) is 13.2 Å². The van der Waals surface area contributed by atoms with Crippen LogP contribution in [0.15, 0.2) is 24.3 Å². The molecule has 9 heteroatoms. The molecule has 1 N–H and O–H groups in total. The number of hydrogen-bond acceptors (Lipinski definition) is 7. The Bertz CT molecular complexity index is 881. The molecule has 0 fully saturated rings. The topological polar surface area (TPSA) is 100 Å². The third-order valence-electron chi connectivity index (χ3n) is 6.21. The second kappa shape index (κ2) is 17.8. The third-order valence-corrected chi connectivity index (χ3v) is 7.51. The van der Waals surface area contributed by atoms with E-state index in [4.69, 9.17) is 18.4 Å². The molecule has 1 amide bonds. The van der Waals surface area contributed by atoms with E-state index in [1.54, 1.807) is 27.7 Å². The van der Waals surface area contributed by atoms with Crippen LogP contribution in [0.25, 0.3) is 0 Å². The number of hydrogen-bond donors (Lipinski definition) is 1. The molecule has 0 bridgehead atoms. The summed E-state index contributed by atoms with van der Waals surface area (Å²) in [6, 6.07) is 8.53. The standard InChI is InChI=1S/C29H51NO7S/c1-7-9-10-11-12-13-14-25-15-17-26(18-16-25)19-20-29(23-35-24-34-6,21-22-38(32,33)36-8-2)30-27(31)37-28(3,4)5/h15-18H,7-14,19-24H2,1-6H3,(H,30,31). The molecule has 0 aliphatic rings. The van der Waals surface area contributed by atoms with Crippen LogP contribution in [0.4, 0.5) is 4.79 Å². The second-order valence-corrected chi connectivity index (χ2v) is 12.7. The molecule has 0 saturated carbocycles. The van der Waals surface area contributed by atoms with Gasteiger partial charge in [-0.05, 0) is 70.9 Å². The highest BCUT2D eigenvalue weighted by atomic mass is 32.2. The number of methoxy groups -OCH3 is 1. The Morgan fingerprint density at radius 2 is 1.50 bits per heavy atom. The lowest BCUT2D eigenvalue weighted by Crippen LogP contribution is -2.54. The van der Waals surface area contributed by atoms with Crippen LogP contribution >= 0.6 is 0 Å². The number of benzene rings is 1. The van der Waals surface area contributed by atoms with Gasteiger partial charge in [0.15, 0.2) is 0 Å². The van der Waals surface area contributed by atoms with Crippen LogP contribution in [-0.2, 0) is 41.4 Å². The first-order valence-corrected chi connectivity index (χ1v) is 15.5. The van der Waals surface area contributed by atoms with Gasteiger partial charge in [-0.15, -0.1) is 0 Å². The molecule has 1 atom stereocenters. The van der Waals surface area contributed by atoms with E-state index < -0.39 is 27.4 Å². The molecule has 0 aromatic heterocycles. The summed E-state index contributed by atoms with van der Waals surface area (Å²) in [5.74, 6) is -0.260. The summed E-state index contributed by atoms with van der Waals surface area (Å²) in [5, 5.41) is 2.93. The van der Waals surface area contributed by atoms with Crippen molar-refractivity contribution in [2.45, 2.75) is 110 Å². The molecule has 8 nitrogen and oxygen atoms in total. The van der Waals surface area contributed by atoms with Crippen molar-refractivity contribution < 1.29 is 31.6 Å². The van der Waals surface area contributed by atoms with Gasteiger partial charge in [0.1, 0.15) is 12.4 Å². The van der Waals surface area contributed by atoms with E-state index in [0.29, 0.717) is 12.8 Å². The first-order valence-electron chi connectivity index (χ1n) is 14.0. The van der Waals surface area contributed by atoms with Crippen LogP contribution < -0.4 is 5.32 Å². The fourth-order valence-corrected chi connectivity index (χ4v) is 5.31. The van der Waals surface area contributed by atoms with Gasteiger partial charge in [-0.25, -0.2) is 4.79 Å². The van der Waals surface area contributed by atoms with Crippen molar-refractivity contribution in [3.63, 3.8) is 0 Å². The van der Waals surface area contributed by atoms with E-state index in [1.165, 1.54) is 51.2 Å². The first-order chi connectivity index (χ1) is 17.9. The number of carbonyl (C=O) groups is 1. The van der Waals surface area contributed by atoms with Gasteiger partial charge in [-0.1, -0.05) is 63.3 Å². The monoisotopic (exact) mass is 557 g/mol. The van der Waals surface area contributed by atoms with E-state index in [2.05, 4.69) is 36.5 Å². The molecule has 1 aromatic rings. The minimum atomic E-state index is -3.75. The van der Waals surface area contributed by atoms with E-state index in [-0.39, 0.29) is 32.2 Å². The number of unbranched alkanes of at least 4 members (excludes halogenated alkanes) is 5. The Morgan fingerprint density at radius 3 is 2.08 bits per heavy atom. The average Bonchev–Trinajstić information content (AvgIpc) is 2.83. The summed E-state index contributed by atoms with van der Waals surface area (Å²) in [5.41, 5.74) is 0.717. The van der Waals surface area contributed by atoms with Gasteiger partial charge < -0.3 is 19.5 Å². The zero-order valence-electron chi connectivity index (χ0n) is 24.5. The van der Waals surface area contributed by atoms with Crippen molar-refractivity contribution in [1.29, 1.82) is 0 Å². The zero-order valence-corrected chi connectivity index (χ0v) is 25.3. The molecule has 0 saturated heterocycles. The fraction of sp³-hybridized carbons (Fsp3) is 0.759. The smallest absolute Gasteiger partial charge is 0.408 e. The quantitative estimate of drug-likeness (QED) is 0.116. The van der Waals surface area contributed by atoms with Crippen LogP contribution in [0, 0.1) is 0 Å². The minimum absolute atomic E-state index is 0.0170. The maximum absolute atomic E-state index is 12.8. The molecule has 0 aliphatic heterocycles. The SMILES string of the molecule is CCCCCCCCc1ccc(CCC(CCS(=O)(=O)OCC)(COCOC)NC(=O)OC(C)(C)C)cc1. The normalized spacial score (nSPS) is 13.7. The van der Waals surface area contributed by atoms with Gasteiger partial charge in [-0.3, -0.25) is 4.18 Å². The Labute approximate surface area is 231 Å². The Balaban J connectivity index is 2.96. The molecule has 0 spiro atoms. The highest BCUT2D eigenvalue weighted by Crippen LogP contribution is 2.23. The molecule has 1 rings (SSSR count). The predicted octanol–water partition coefficient (Wildman–Crippen LogP) is 6.16. The number of nitrogens with one attached hydrogen (secondary N) is 1. The third kappa shape index (κ3) is 15.7. The fourth-order valence-electron chi connectivity index (χ4n) is 4.20. The highest BCUT2D eigenvalue weighted by molar-refractivity contribution is 7.86. The summed E-state index contributed by atoms with van der Waals surface area (Å²) in [7, 11) is -2.24. The predicted molar refractivity (Wildman–Crippen MR) is 152 cm³/mol. The van der Waals surface area contributed by atoms with Gasteiger partial charge in [0.25, 0.3) is 10.1 Å². The van der Waals surface area contributed by atoms with Gasteiger partial charge in [0.05, 0.1) is 24.5 Å². The molecular weight excluding hydrogens is 506 g/mol. The lowest BCUT2D eigenvalue weighted by molar-refractivity contribution is -0.0567. The van der Waals surface area contributed by atoms with E-state index in [0.717, 1.165) is 12.0 Å². The molecule has 1 unspecified atom stereocenters. The summed E-state index contributed by atoms with van der Waals surface area (Å²) < 4.78 is 45.9. The van der Waals surface area contributed by atoms with Crippen molar-refractivity contribution in [2.24, 2.45) is 0 Å². The van der Waals surface area contributed by atoms with Crippen LogP contribution in [0.1, 0.15) is 97.1 Å². The number of ether oxygens (including phenoxy) is 3. The largest absolute Gasteiger partial charge is 0.444 e. The van der Waals surface area contributed by atoms with Crippen molar-refractivity contribution in [2.75, 3.05) is 32.9 Å². The molecule has 0 heterocycles. The minimum Gasteiger partial charge on any atom is -0.444 e. The van der Waals surface area contributed by atoms with Crippen molar-refractivity contribution in [3.8, 4) is 0 Å². The number of rotatable bonds is 20. The summed E-state index contributed by atoms with van der Waals surface area (Å²) >= 11 is 0. The van der Waals surface area contributed by atoms with Gasteiger partial charge in [0, 0.05) is 7.11 Å². The average molecular weight is 558 g/mol.